The molecule has 2 aromatic carbocycles. The van der Waals surface area contributed by atoms with E-state index in [1.807, 2.05) is 18.2 Å². The van der Waals surface area contributed by atoms with E-state index in [1.54, 1.807) is 12.1 Å². The Labute approximate surface area is 137 Å². The van der Waals surface area contributed by atoms with Crippen molar-refractivity contribution in [3.05, 3.63) is 77.6 Å². The first-order valence-corrected chi connectivity index (χ1v) is 7.29. The van der Waals surface area contributed by atoms with E-state index in [-0.39, 0.29) is 12.1 Å². The van der Waals surface area contributed by atoms with Gasteiger partial charge in [0.25, 0.3) is 0 Å². The molecule has 0 aromatic heterocycles. The fraction of sp³-hybridized carbons (Fsp3) is 0.222. The van der Waals surface area contributed by atoms with Crippen LogP contribution >= 0.6 is 0 Å². The van der Waals surface area contributed by atoms with E-state index >= 15 is 0 Å². The molecule has 0 saturated heterocycles. The highest BCUT2D eigenvalue weighted by Gasteiger charge is 2.33. The van der Waals surface area contributed by atoms with Crippen molar-refractivity contribution in [3.63, 3.8) is 0 Å². The third-order valence-electron chi connectivity index (χ3n) is 3.34. The minimum absolute atomic E-state index is 0.00612. The van der Waals surface area contributed by atoms with Crippen molar-refractivity contribution < 1.29 is 22.3 Å². The van der Waals surface area contributed by atoms with Gasteiger partial charge in [-0.05, 0) is 23.8 Å². The second kappa shape index (κ2) is 7.97. The van der Waals surface area contributed by atoms with Gasteiger partial charge in [0.1, 0.15) is 18.2 Å². The average molecular weight is 339 g/mol. The van der Waals surface area contributed by atoms with E-state index in [2.05, 4.69) is 11.9 Å². The highest BCUT2D eigenvalue weighted by atomic mass is 19.4. The molecule has 0 amide bonds. The number of rotatable bonds is 7. The molecule has 0 aliphatic heterocycles. The molecular weight excluding hydrogens is 322 g/mol. The lowest BCUT2D eigenvalue weighted by atomic mass is 10.1. The maximum Gasteiger partial charge on any atom is 0.416 e. The molecule has 0 heterocycles. The number of hydrogen-bond acceptors (Lipinski definition) is 2. The van der Waals surface area contributed by atoms with Gasteiger partial charge in [0.2, 0.25) is 0 Å². The molecule has 1 N–H and O–H groups in total. The van der Waals surface area contributed by atoms with Gasteiger partial charge in [0.05, 0.1) is 5.56 Å². The van der Waals surface area contributed by atoms with Gasteiger partial charge >= 0.3 is 6.18 Å². The molecule has 0 aliphatic carbocycles. The SMILES string of the molecule is C=CCOc1ccccc1CNCc1ccc(F)cc1C(F)(F)F. The van der Waals surface area contributed by atoms with Gasteiger partial charge in [-0.15, -0.1) is 0 Å². The van der Waals surface area contributed by atoms with E-state index in [1.165, 1.54) is 0 Å². The lowest BCUT2D eigenvalue weighted by Crippen LogP contribution is -2.18. The van der Waals surface area contributed by atoms with Crippen molar-refractivity contribution in [2.75, 3.05) is 6.61 Å². The number of halogens is 4. The number of alkyl halides is 3. The van der Waals surface area contributed by atoms with Gasteiger partial charge in [0, 0.05) is 18.7 Å². The summed E-state index contributed by atoms with van der Waals surface area (Å²) in [5, 5.41) is 2.94. The van der Waals surface area contributed by atoms with Gasteiger partial charge in [-0.25, -0.2) is 4.39 Å². The van der Waals surface area contributed by atoms with E-state index in [0.717, 1.165) is 17.7 Å². The Morgan fingerprint density at radius 1 is 1.04 bits per heavy atom. The first-order valence-electron chi connectivity index (χ1n) is 7.29. The first kappa shape index (κ1) is 18.0. The van der Waals surface area contributed by atoms with Crippen molar-refractivity contribution in [2.45, 2.75) is 19.3 Å². The summed E-state index contributed by atoms with van der Waals surface area (Å²) in [6, 6.07) is 9.90. The zero-order chi connectivity index (χ0) is 17.6. The Balaban J connectivity index is 2.07. The van der Waals surface area contributed by atoms with Crippen molar-refractivity contribution in [2.24, 2.45) is 0 Å². The molecule has 0 unspecified atom stereocenters. The zero-order valence-electron chi connectivity index (χ0n) is 12.9. The second-order valence-electron chi connectivity index (χ2n) is 5.11. The van der Waals surface area contributed by atoms with Crippen LogP contribution in [0, 0.1) is 5.82 Å². The Kier molecular flexibility index (Phi) is 5.98. The Hall–Kier alpha value is -2.34. The minimum Gasteiger partial charge on any atom is -0.489 e. The predicted octanol–water partition coefficient (Wildman–Crippen LogP) is 4.70. The predicted molar refractivity (Wildman–Crippen MR) is 84.1 cm³/mol. The summed E-state index contributed by atoms with van der Waals surface area (Å²) in [6.45, 7) is 4.19. The van der Waals surface area contributed by atoms with Crippen LogP contribution in [0.3, 0.4) is 0 Å². The molecule has 2 aromatic rings. The van der Waals surface area contributed by atoms with Crippen molar-refractivity contribution in [3.8, 4) is 5.75 Å². The molecule has 128 valence electrons. The maximum atomic E-state index is 13.1. The molecule has 2 nitrogen and oxygen atoms in total. The number of hydrogen-bond donors (Lipinski definition) is 1. The van der Waals surface area contributed by atoms with Crippen LogP contribution in [0.5, 0.6) is 5.75 Å². The van der Waals surface area contributed by atoms with Gasteiger partial charge < -0.3 is 10.1 Å². The highest BCUT2D eigenvalue weighted by Crippen LogP contribution is 2.32. The Morgan fingerprint density at radius 2 is 1.75 bits per heavy atom. The third-order valence-corrected chi connectivity index (χ3v) is 3.34. The summed E-state index contributed by atoms with van der Waals surface area (Å²) in [4.78, 5) is 0. The molecule has 24 heavy (non-hydrogen) atoms. The van der Waals surface area contributed by atoms with Gasteiger partial charge in [-0.3, -0.25) is 0 Å². The molecule has 0 fully saturated rings. The van der Waals surface area contributed by atoms with E-state index in [0.29, 0.717) is 25.0 Å². The molecule has 0 radical (unpaired) electrons. The molecule has 0 bridgehead atoms. The lowest BCUT2D eigenvalue weighted by Gasteiger charge is -2.15. The minimum atomic E-state index is -4.59. The summed E-state index contributed by atoms with van der Waals surface area (Å²) in [6.07, 6.45) is -2.98. The summed E-state index contributed by atoms with van der Waals surface area (Å²) >= 11 is 0. The van der Waals surface area contributed by atoms with Crippen LogP contribution in [-0.2, 0) is 19.3 Å². The number of ether oxygens (including phenoxy) is 1. The summed E-state index contributed by atoms with van der Waals surface area (Å²) in [5.74, 6) is -0.269. The van der Waals surface area contributed by atoms with Crippen LogP contribution in [0.1, 0.15) is 16.7 Å². The fourth-order valence-corrected chi connectivity index (χ4v) is 2.24. The van der Waals surface area contributed by atoms with Crippen LogP contribution in [0.15, 0.2) is 55.1 Å². The zero-order valence-corrected chi connectivity index (χ0v) is 12.9. The summed E-state index contributed by atoms with van der Waals surface area (Å²) in [7, 11) is 0. The van der Waals surface area contributed by atoms with E-state index in [4.69, 9.17) is 4.74 Å². The number of benzene rings is 2. The normalized spacial score (nSPS) is 11.3. The maximum absolute atomic E-state index is 13.1. The molecule has 0 atom stereocenters. The Morgan fingerprint density at radius 3 is 2.46 bits per heavy atom. The summed E-state index contributed by atoms with van der Waals surface area (Å²) in [5.41, 5.74) is -0.158. The van der Waals surface area contributed by atoms with Crippen molar-refractivity contribution >= 4 is 0 Å². The number of para-hydroxylation sites is 1. The molecule has 6 heteroatoms. The molecule has 0 saturated carbocycles. The van der Waals surface area contributed by atoms with Gasteiger partial charge in [-0.1, -0.05) is 36.9 Å². The van der Waals surface area contributed by atoms with Crippen LogP contribution in [0.25, 0.3) is 0 Å². The third kappa shape index (κ3) is 4.83. The van der Waals surface area contributed by atoms with Gasteiger partial charge in [-0.2, -0.15) is 13.2 Å². The van der Waals surface area contributed by atoms with Crippen molar-refractivity contribution in [1.82, 2.24) is 5.32 Å². The monoisotopic (exact) mass is 339 g/mol. The lowest BCUT2D eigenvalue weighted by molar-refractivity contribution is -0.138. The standard InChI is InChI=1S/C18H17F4NO/c1-2-9-24-17-6-4-3-5-14(17)12-23-11-13-7-8-15(19)10-16(13)18(20,21)22/h2-8,10,23H,1,9,11-12H2. The average Bonchev–Trinajstić information content (AvgIpc) is 2.54. The van der Waals surface area contributed by atoms with Crippen molar-refractivity contribution in [1.29, 1.82) is 0 Å². The van der Waals surface area contributed by atoms with Crippen LogP contribution < -0.4 is 10.1 Å². The molecular formula is C18H17F4NO. The molecule has 0 spiro atoms. The van der Waals surface area contributed by atoms with E-state index < -0.39 is 17.6 Å². The fourth-order valence-electron chi connectivity index (χ4n) is 2.24. The summed E-state index contributed by atoms with van der Waals surface area (Å²) < 4.78 is 57.5. The first-order chi connectivity index (χ1) is 11.4. The second-order valence-corrected chi connectivity index (χ2v) is 5.11. The quantitative estimate of drug-likeness (QED) is 0.583. The Bertz CT molecular complexity index is 698. The molecule has 2 rings (SSSR count). The highest BCUT2D eigenvalue weighted by molar-refractivity contribution is 5.34. The largest absolute Gasteiger partial charge is 0.489 e. The number of nitrogens with one attached hydrogen (secondary N) is 1. The smallest absolute Gasteiger partial charge is 0.416 e. The topological polar surface area (TPSA) is 21.3 Å². The van der Waals surface area contributed by atoms with Crippen LogP contribution in [0.2, 0.25) is 0 Å². The molecule has 0 aliphatic rings. The van der Waals surface area contributed by atoms with Crippen LogP contribution in [-0.4, -0.2) is 6.61 Å². The van der Waals surface area contributed by atoms with Crippen LogP contribution in [0.4, 0.5) is 17.6 Å². The van der Waals surface area contributed by atoms with Gasteiger partial charge in [0.15, 0.2) is 0 Å². The van der Waals surface area contributed by atoms with E-state index in [9.17, 15) is 17.6 Å².